The first kappa shape index (κ1) is 12.1. The molecule has 0 radical (unpaired) electrons. The Bertz CT molecular complexity index is 621. The second kappa shape index (κ2) is 4.61. The Labute approximate surface area is 111 Å². The van der Waals surface area contributed by atoms with E-state index >= 15 is 0 Å². The van der Waals surface area contributed by atoms with E-state index < -0.39 is 0 Å². The van der Waals surface area contributed by atoms with Crippen molar-refractivity contribution in [1.29, 1.82) is 0 Å². The second-order valence-corrected chi connectivity index (χ2v) is 4.98. The fourth-order valence-electron chi connectivity index (χ4n) is 2.02. The average molecular weight is 257 g/mol. The highest BCUT2D eigenvalue weighted by molar-refractivity contribution is 5.63. The molecule has 1 heterocycles. The lowest BCUT2D eigenvalue weighted by Crippen LogP contribution is -2.01. The van der Waals surface area contributed by atoms with Crippen LogP contribution in [0.5, 0.6) is 0 Å². The van der Waals surface area contributed by atoms with Crippen molar-refractivity contribution in [1.82, 2.24) is 9.97 Å². The monoisotopic (exact) mass is 257 g/mol. The number of rotatable bonds is 3. The molecule has 0 amide bonds. The van der Waals surface area contributed by atoms with Gasteiger partial charge in [0.25, 0.3) is 0 Å². The molecule has 2 aromatic rings. The van der Waals surface area contributed by atoms with Crippen LogP contribution in [0.1, 0.15) is 30.1 Å². The van der Waals surface area contributed by atoms with Crippen LogP contribution < -0.4 is 5.32 Å². The minimum atomic E-state index is -0.199. The zero-order valence-corrected chi connectivity index (χ0v) is 11.1. The van der Waals surface area contributed by atoms with E-state index in [4.69, 9.17) is 0 Å². The van der Waals surface area contributed by atoms with E-state index in [9.17, 15) is 4.39 Å². The molecular formula is C15H16FN3. The van der Waals surface area contributed by atoms with E-state index in [1.54, 1.807) is 13.0 Å². The summed E-state index contributed by atoms with van der Waals surface area (Å²) in [4.78, 5) is 9.03. The standard InChI is InChI=1S/C15H16FN3/c1-9-3-4-11(7-12(9)16)13-8-14(17-2)19-15(18-13)10-5-6-10/h3-4,7-8,10H,5-6H2,1-2H3,(H,17,18,19). The van der Waals surface area contributed by atoms with E-state index in [0.29, 0.717) is 11.5 Å². The van der Waals surface area contributed by atoms with Gasteiger partial charge in [0.2, 0.25) is 0 Å². The summed E-state index contributed by atoms with van der Waals surface area (Å²) in [5.74, 6) is 1.92. The van der Waals surface area contributed by atoms with Crippen LogP contribution in [0.3, 0.4) is 0 Å². The van der Waals surface area contributed by atoms with Gasteiger partial charge in [-0.15, -0.1) is 0 Å². The maximum Gasteiger partial charge on any atom is 0.134 e. The van der Waals surface area contributed by atoms with Crippen molar-refractivity contribution in [2.75, 3.05) is 12.4 Å². The number of nitrogens with one attached hydrogen (secondary N) is 1. The van der Waals surface area contributed by atoms with Gasteiger partial charge in [-0.2, -0.15) is 0 Å². The summed E-state index contributed by atoms with van der Waals surface area (Å²) in [5.41, 5.74) is 2.22. The highest BCUT2D eigenvalue weighted by Crippen LogP contribution is 2.39. The van der Waals surface area contributed by atoms with E-state index in [2.05, 4.69) is 15.3 Å². The van der Waals surface area contributed by atoms with Crippen molar-refractivity contribution >= 4 is 5.82 Å². The Kier molecular flexibility index (Phi) is 2.93. The van der Waals surface area contributed by atoms with E-state index in [0.717, 1.165) is 35.7 Å². The van der Waals surface area contributed by atoms with E-state index in [1.807, 2.05) is 19.2 Å². The lowest BCUT2D eigenvalue weighted by atomic mass is 10.1. The zero-order chi connectivity index (χ0) is 13.4. The smallest absolute Gasteiger partial charge is 0.134 e. The molecule has 1 aromatic carbocycles. The molecule has 0 bridgehead atoms. The van der Waals surface area contributed by atoms with Crippen LogP contribution >= 0.6 is 0 Å². The highest BCUT2D eigenvalue weighted by atomic mass is 19.1. The molecule has 3 nitrogen and oxygen atoms in total. The second-order valence-electron chi connectivity index (χ2n) is 4.98. The van der Waals surface area contributed by atoms with Crippen molar-refractivity contribution in [2.24, 2.45) is 0 Å². The minimum absolute atomic E-state index is 0.199. The van der Waals surface area contributed by atoms with Gasteiger partial charge in [-0.25, -0.2) is 14.4 Å². The summed E-state index contributed by atoms with van der Waals surface area (Å²) in [7, 11) is 1.83. The molecule has 1 aromatic heterocycles. The molecule has 3 rings (SSSR count). The van der Waals surface area contributed by atoms with Crippen LogP contribution in [0, 0.1) is 12.7 Å². The van der Waals surface area contributed by atoms with Gasteiger partial charge in [-0.3, -0.25) is 0 Å². The van der Waals surface area contributed by atoms with Crippen molar-refractivity contribution in [3.8, 4) is 11.3 Å². The van der Waals surface area contributed by atoms with E-state index in [1.165, 1.54) is 6.07 Å². The van der Waals surface area contributed by atoms with Gasteiger partial charge in [0.15, 0.2) is 0 Å². The third kappa shape index (κ3) is 2.43. The Hall–Kier alpha value is -1.97. The predicted octanol–water partition coefficient (Wildman–Crippen LogP) is 3.51. The molecule has 0 atom stereocenters. The Morgan fingerprint density at radius 1 is 1.21 bits per heavy atom. The van der Waals surface area contributed by atoms with Crippen molar-refractivity contribution in [3.63, 3.8) is 0 Å². The molecule has 1 aliphatic carbocycles. The van der Waals surface area contributed by atoms with Crippen LogP contribution in [-0.2, 0) is 0 Å². The number of nitrogens with zero attached hydrogens (tertiary/aromatic N) is 2. The molecular weight excluding hydrogens is 241 g/mol. The summed E-state index contributed by atoms with van der Waals surface area (Å²) < 4.78 is 13.7. The van der Waals surface area contributed by atoms with Crippen LogP contribution in [0.25, 0.3) is 11.3 Å². The molecule has 0 unspecified atom stereocenters. The van der Waals surface area contributed by atoms with Gasteiger partial charge >= 0.3 is 0 Å². The van der Waals surface area contributed by atoms with Crippen LogP contribution in [0.15, 0.2) is 24.3 Å². The maximum atomic E-state index is 13.7. The number of benzene rings is 1. The maximum absolute atomic E-state index is 13.7. The number of halogens is 1. The summed E-state index contributed by atoms with van der Waals surface area (Å²) in [6.07, 6.45) is 2.30. The minimum Gasteiger partial charge on any atom is -0.373 e. The molecule has 0 saturated heterocycles. The molecule has 1 N–H and O–H groups in total. The van der Waals surface area contributed by atoms with Crippen molar-refractivity contribution in [2.45, 2.75) is 25.7 Å². The first-order valence-corrected chi connectivity index (χ1v) is 6.50. The fraction of sp³-hybridized carbons (Fsp3) is 0.333. The van der Waals surface area contributed by atoms with E-state index in [-0.39, 0.29) is 5.82 Å². The van der Waals surface area contributed by atoms with Crippen LogP contribution in [0.2, 0.25) is 0 Å². The largest absolute Gasteiger partial charge is 0.373 e. The summed E-state index contributed by atoms with van der Waals surface area (Å²) in [6.45, 7) is 1.76. The number of hydrogen-bond donors (Lipinski definition) is 1. The van der Waals surface area contributed by atoms with Crippen LogP contribution in [0.4, 0.5) is 10.2 Å². The lowest BCUT2D eigenvalue weighted by Gasteiger charge is -2.08. The number of hydrogen-bond acceptors (Lipinski definition) is 3. The zero-order valence-electron chi connectivity index (χ0n) is 11.1. The summed E-state index contributed by atoms with van der Waals surface area (Å²) in [6, 6.07) is 7.07. The number of aryl methyl sites for hydroxylation is 1. The van der Waals surface area contributed by atoms with Gasteiger partial charge < -0.3 is 5.32 Å². The van der Waals surface area contributed by atoms with Gasteiger partial charge in [0.05, 0.1) is 5.69 Å². The molecule has 1 aliphatic rings. The fourth-order valence-corrected chi connectivity index (χ4v) is 2.02. The molecule has 1 fully saturated rings. The first-order valence-electron chi connectivity index (χ1n) is 6.50. The summed E-state index contributed by atoms with van der Waals surface area (Å²) in [5, 5.41) is 3.04. The van der Waals surface area contributed by atoms with Crippen molar-refractivity contribution < 1.29 is 4.39 Å². The van der Waals surface area contributed by atoms with Gasteiger partial charge in [0, 0.05) is 24.6 Å². The molecule has 19 heavy (non-hydrogen) atoms. The first-order chi connectivity index (χ1) is 9.17. The Morgan fingerprint density at radius 3 is 2.63 bits per heavy atom. The highest BCUT2D eigenvalue weighted by Gasteiger charge is 2.27. The summed E-state index contributed by atoms with van der Waals surface area (Å²) >= 11 is 0. The SMILES string of the molecule is CNc1cc(-c2ccc(C)c(F)c2)nc(C2CC2)n1. The molecule has 0 aliphatic heterocycles. The van der Waals surface area contributed by atoms with Crippen molar-refractivity contribution in [3.05, 3.63) is 41.5 Å². The molecule has 98 valence electrons. The molecule has 1 saturated carbocycles. The third-order valence-corrected chi connectivity index (χ3v) is 3.41. The van der Waals surface area contributed by atoms with Crippen LogP contribution in [-0.4, -0.2) is 17.0 Å². The quantitative estimate of drug-likeness (QED) is 0.914. The number of aromatic nitrogens is 2. The third-order valence-electron chi connectivity index (χ3n) is 3.41. The van der Waals surface area contributed by atoms with Gasteiger partial charge in [-0.1, -0.05) is 12.1 Å². The normalized spacial score (nSPS) is 14.5. The lowest BCUT2D eigenvalue weighted by molar-refractivity contribution is 0.619. The average Bonchev–Trinajstić information content (AvgIpc) is 3.26. The van der Waals surface area contributed by atoms with Gasteiger partial charge in [0.1, 0.15) is 17.5 Å². The number of anilines is 1. The Balaban J connectivity index is 2.07. The molecule has 0 spiro atoms. The van der Waals surface area contributed by atoms with Gasteiger partial charge in [-0.05, 0) is 31.4 Å². The topological polar surface area (TPSA) is 37.8 Å². The Morgan fingerprint density at radius 2 is 2.00 bits per heavy atom. The molecule has 4 heteroatoms. The predicted molar refractivity (Wildman–Crippen MR) is 73.7 cm³/mol.